The summed E-state index contributed by atoms with van der Waals surface area (Å²) in [5, 5.41) is 40.5. The van der Waals surface area contributed by atoms with E-state index in [0.717, 1.165) is 29.8 Å². The van der Waals surface area contributed by atoms with Crippen LogP contribution in [0.5, 0.6) is 0 Å². The minimum atomic E-state index is -0.0635. The SMILES string of the molecule is CC(=O)c1cc(Br)c2cn[nH]c2c1.CC(=O)c1cc(C#N)c2c(I)[nH]nc2c1.CC(=O)c1cc(C#N)c2cn[nH]c2c1. The summed E-state index contributed by atoms with van der Waals surface area (Å²) in [6.07, 6.45) is 3.31. The minimum absolute atomic E-state index is 0.0530. The predicted octanol–water partition coefficient (Wildman–Crippen LogP) is 6.41. The number of rotatable bonds is 3. The number of benzene rings is 3. The van der Waals surface area contributed by atoms with Crippen LogP contribution in [0.4, 0.5) is 0 Å². The Labute approximate surface area is 260 Å². The van der Waals surface area contributed by atoms with Crippen molar-refractivity contribution in [3.8, 4) is 12.1 Å². The number of carbonyl (C=O) groups is 3. The molecule has 11 nitrogen and oxygen atoms in total. The molecule has 3 N–H and O–H groups in total. The van der Waals surface area contributed by atoms with Crippen LogP contribution in [-0.4, -0.2) is 47.9 Å². The molecule has 42 heavy (non-hydrogen) atoms. The van der Waals surface area contributed by atoms with Crippen LogP contribution in [0.1, 0.15) is 63.0 Å². The van der Waals surface area contributed by atoms with E-state index >= 15 is 0 Å². The number of Topliss-reactive ketones (excluding diaryl/α,β-unsaturated/α-hetero) is 3. The molecule has 0 unspecified atom stereocenters. The lowest BCUT2D eigenvalue weighted by Crippen LogP contribution is -1.93. The fourth-order valence-corrected chi connectivity index (χ4v) is 5.21. The van der Waals surface area contributed by atoms with Crippen LogP contribution >= 0.6 is 38.5 Å². The molecule has 0 aliphatic carbocycles. The Hall–Kier alpha value is -4.73. The van der Waals surface area contributed by atoms with Gasteiger partial charge in [0.2, 0.25) is 0 Å². The van der Waals surface area contributed by atoms with Crippen LogP contribution in [0.25, 0.3) is 32.7 Å². The Morgan fingerprint density at radius 1 is 0.738 bits per heavy atom. The summed E-state index contributed by atoms with van der Waals surface area (Å²) in [6.45, 7) is 4.49. The van der Waals surface area contributed by atoms with E-state index in [-0.39, 0.29) is 17.3 Å². The zero-order valence-corrected chi connectivity index (χ0v) is 26.1. The predicted molar refractivity (Wildman–Crippen MR) is 168 cm³/mol. The molecule has 0 atom stereocenters. The second-order valence-corrected chi connectivity index (χ2v) is 10.9. The summed E-state index contributed by atoms with van der Waals surface area (Å²) in [5.74, 6) is -0.0680. The van der Waals surface area contributed by atoms with E-state index in [0.29, 0.717) is 38.9 Å². The van der Waals surface area contributed by atoms with Crippen LogP contribution < -0.4 is 0 Å². The van der Waals surface area contributed by atoms with Crippen molar-refractivity contribution in [3.05, 3.63) is 84.8 Å². The lowest BCUT2D eigenvalue weighted by Gasteiger charge is -1.97. The number of carbonyl (C=O) groups excluding carboxylic acids is 3. The van der Waals surface area contributed by atoms with Crippen LogP contribution in [0.15, 0.2) is 53.3 Å². The van der Waals surface area contributed by atoms with E-state index in [4.69, 9.17) is 10.5 Å². The maximum atomic E-state index is 11.2. The van der Waals surface area contributed by atoms with Crippen molar-refractivity contribution in [2.75, 3.05) is 0 Å². The van der Waals surface area contributed by atoms with E-state index in [1.165, 1.54) is 13.8 Å². The molecule has 3 aromatic carbocycles. The molecule has 13 heteroatoms. The Morgan fingerprint density at radius 2 is 1.24 bits per heavy atom. The Morgan fingerprint density at radius 3 is 1.81 bits per heavy atom. The van der Waals surface area contributed by atoms with E-state index in [1.54, 1.807) is 55.7 Å². The maximum absolute atomic E-state index is 11.2. The third-order valence-corrected chi connectivity index (χ3v) is 7.58. The van der Waals surface area contributed by atoms with Gasteiger partial charge in [0.15, 0.2) is 17.3 Å². The first kappa shape index (κ1) is 30.2. The minimum Gasteiger partial charge on any atom is -0.295 e. The number of aromatic amines is 3. The molecule has 0 fully saturated rings. The third kappa shape index (κ3) is 6.43. The van der Waals surface area contributed by atoms with Gasteiger partial charge in [-0.15, -0.1) is 0 Å². The number of hydrogen-bond acceptors (Lipinski definition) is 8. The standard InChI is InChI=1S/C10H6IN3O.C10H7N3O.C9H7BrN2O/c1-5(15)6-2-7(4-12)9-8(3-6)13-14-10(9)11;1-6(14)7-2-8(4-11)9-5-12-13-10(9)3-7;1-5(13)6-2-8(10)7-4-11-12-9(7)3-6/h2-3H,1H3,(H,13,14);2-3,5H,1H3,(H,12,13);2-4H,1H3,(H,11,12). The number of H-pyrrole nitrogens is 3. The smallest absolute Gasteiger partial charge is 0.159 e. The Kier molecular flexibility index (Phi) is 9.25. The first-order valence-electron chi connectivity index (χ1n) is 12.1. The van der Waals surface area contributed by atoms with Crippen LogP contribution in [-0.2, 0) is 0 Å². The van der Waals surface area contributed by atoms with Crippen LogP contribution in [0.2, 0.25) is 0 Å². The molecule has 3 aromatic heterocycles. The van der Waals surface area contributed by atoms with Gasteiger partial charge in [0, 0.05) is 31.9 Å². The summed E-state index contributed by atoms with van der Waals surface area (Å²) in [4.78, 5) is 33.5. The van der Waals surface area contributed by atoms with Crippen molar-refractivity contribution in [1.29, 1.82) is 10.5 Å². The van der Waals surface area contributed by atoms with Crippen molar-refractivity contribution in [2.45, 2.75) is 20.8 Å². The van der Waals surface area contributed by atoms with Gasteiger partial charge in [0.25, 0.3) is 0 Å². The number of nitrogens with one attached hydrogen (secondary N) is 3. The van der Waals surface area contributed by atoms with Crippen molar-refractivity contribution in [3.63, 3.8) is 0 Å². The van der Waals surface area contributed by atoms with Crippen molar-refractivity contribution in [2.24, 2.45) is 0 Å². The van der Waals surface area contributed by atoms with Gasteiger partial charge in [-0.05, 0) is 79.8 Å². The third-order valence-electron chi connectivity index (χ3n) is 6.14. The molecule has 0 aliphatic heterocycles. The van der Waals surface area contributed by atoms with Crippen molar-refractivity contribution >= 4 is 88.6 Å². The van der Waals surface area contributed by atoms with Gasteiger partial charge in [-0.2, -0.15) is 25.8 Å². The lowest BCUT2D eigenvalue weighted by molar-refractivity contribution is 0.100. The summed E-state index contributed by atoms with van der Waals surface area (Å²) in [7, 11) is 0. The van der Waals surface area contributed by atoms with E-state index in [2.05, 4.69) is 75.2 Å². The number of nitrogens with zero attached hydrogens (tertiary/aromatic N) is 5. The molecule has 0 saturated carbocycles. The molecule has 208 valence electrons. The highest BCUT2D eigenvalue weighted by molar-refractivity contribution is 14.1. The number of fused-ring (bicyclic) bond motifs is 3. The number of aromatic nitrogens is 6. The second-order valence-electron chi connectivity index (χ2n) is 8.99. The quantitative estimate of drug-likeness (QED) is 0.138. The molecule has 0 saturated heterocycles. The highest BCUT2D eigenvalue weighted by Crippen LogP contribution is 2.25. The summed E-state index contributed by atoms with van der Waals surface area (Å²) >= 11 is 5.46. The van der Waals surface area contributed by atoms with Crippen LogP contribution in [0, 0.1) is 26.4 Å². The molecular formula is C29H20BrIN8O3. The normalized spacial score (nSPS) is 10.3. The molecule has 0 spiro atoms. The van der Waals surface area contributed by atoms with Gasteiger partial charge in [-0.3, -0.25) is 29.7 Å². The molecule has 0 radical (unpaired) electrons. The first-order chi connectivity index (χ1) is 20.0. The average molecular weight is 735 g/mol. The monoisotopic (exact) mass is 734 g/mol. The first-order valence-corrected chi connectivity index (χ1v) is 14.0. The Bertz CT molecular complexity index is 2100. The summed E-state index contributed by atoms with van der Waals surface area (Å²) < 4.78 is 1.71. The van der Waals surface area contributed by atoms with Gasteiger partial charge < -0.3 is 0 Å². The number of ketones is 3. The van der Waals surface area contributed by atoms with E-state index < -0.39 is 0 Å². The van der Waals surface area contributed by atoms with Gasteiger partial charge in [0.05, 0.1) is 57.6 Å². The van der Waals surface area contributed by atoms with Gasteiger partial charge in [-0.1, -0.05) is 15.9 Å². The highest BCUT2D eigenvalue weighted by Gasteiger charge is 2.12. The molecule has 0 aliphatic rings. The molecular weight excluding hydrogens is 715 g/mol. The number of halogens is 2. The van der Waals surface area contributed by atoms with Gasteiger partial charge in [0.1, 0.15) is 3.70 Å². The topological polar surface area (TPSA) is 185 Å². The van der Waals surface area contributed by atoms with Crippen LogP contribution in [0.3, 0.4) is 0 Å². The zero-order chi connectivity index (χ0) is 30.6. The zero-order valence-electron chi connectivity index (χ0n) is 22.3. The van der Waals surface area contributed by atoms with Gasteiger partial charge in [-0.25, -0.2) is 0 Å². The molecule has 6 rings (SSSR count). The maximum Gasteiger partial charge on any atom is 0.159 e. The highest BCUT2D eigenvalue weighted by atomic mass is 127. The fraction of sp³-hybridized carbons (Fsp3) is 0.103. The fourth-order valence-electron chi connectivity index (χ4n) is 3.96. The average Bonchev–Trinajstić information content (AvgIpc) is 3.72. The molecule has 0 amide bonds. The largest absolute Gasteiger partial charge is 0.295 e. The second kappa shape index (κ2) is 12.8. The van der Waals surface area contributed by atoms with Gasteiger partial charge >= 0.3 is 0 Å². The number of hydrogen-bond donors (Lipinski definition) is 3. The summed E-state index contributed by atoms with van der Waals surface area (Å²) in [5.41, 5.74) is 4.93. The summed E-state index contributed by atoms with van der Waals surface area (Å²) in [6, 6.07) is 14.3. The van der Waals surface area contributed by atoms with E-state index in [9.17, 15) is 14.4 Å². The van der Waals surface area contributed by atoms with Crippen molar-refractivity contribution in [1.82, 2.24) is 30.6 Å². The van der Waals surface area contributed by atoms with Crippen molar-refractivity contribution < 1.29 is 14.4 Å². The lowest BCUT2D eigenvalue weighted by atomic mass is 10.0. The molecule has 6 aromatic rings. The molecule has 0 bridgehead atoms. The van der Waals surface area contributed by atoms with E-state index in [1.807, 2.05) is 6.07 Å². The number of nitriles is 2. The Balaban J connectivity index is 0.000000145. The molecule has 3 heterocycles.